The van der Waals surface area contributed by atoms with Crippen molar-refractivity contribution in [2.75, 3.05) is 20.2 Å². The molecule has 1 aliphatic rings. The van der Waals surface area contributed by atoms with Crippen molar-refractivity contribution in [3.63, 3.8) is 0 Å². The van der Waals surface area contributed by atoms with Gasteiger partial charge >= 0.3 is 0 Å². The third-order valence-electron chi connectivity index (χ3n) is 4.29. The molecule has 150 valence electrons. The fourth-order valence-corrected chi connectivity index (χ4v) is 3.98. The number of halogens is 1. The van der Waals surface area contributed by atoms with Crippen molar-refractivity contribution < 1.29 is 19.1 Å². The molecule has 3 rings (SSSR count). The van der Waals surface area contributed by atoms with Crippen LogP contribution in [0.4, 0.5) is 4.79 Å². The van der Waals surface area contributed by atoms with Crippen molar-refractivity contribution in [2.24, 2.45) is 0 Å². The third kappa shape index (κ3) is 5.07. The zero-order valence-corrected chi connectivity index (χ0v) is 18.3. The minimum absolute atomic E-state index is 0.100. The van der Waals surface area contributed by atoms with Crippen LogP contribution in [0, 0.1) is 6.92 Å². The number of benzene rings is 2. The smallest absolute Gasteiger partial charge is 0.293 e. The van der Waals surface area contributed by atoms with Gasteiger partial charge in [0.2, 0.25) is 0 Å². The van der Waals surface area contributed by atoms with E-state index in [2.05, 4.69) is 21.2 Å². The molecule has 0 radical (unpaired) electrons. The number of nitrogens with one attached hydrogen (secondary N) is 1. The molecule has 2 aromatic carbocycles. The highest BCUT2D eigenvalue weighted by molar-refractivity contribution is 9.10. The Balaban J connectivity index is 1.61. The van der Waals surface area contributed by atoms with Crippen LogP contribution < -0.4 is 10.1 Å². The average molecular weight is 475 g/mol. The first-order chi connectivity index (χ1) is 13.9. The lowest BCUT2D eigenvalue weighted by Crippen LogP contribution is -2.37. The molecule has 0 bridgehead atoms. The number of amides is 3. The largest absolute Gasteiger partial charge is 0.497 e. The number of aryl methyl sites for hydroxylation is 1. The molecule has 0 aliphatic carbocycles. The summed E-state index contributed by atoms with van der Waals surface area (Å²) in [7, 11) is 1.52. The molecule has 2 aromatic rings. The molecule has 1 saturated heterocycles. The van der Waals surface area contributed by atoms with Gasteiger partial charge in [0.15, 0.2) is 0 Å². The zero-order valence-electron chi connectivity index (χ0n) is 15.9. The highest BCUT2D eigenvalue weighted by Crippen LogP contribution is 2.32. The zero-order chi connectivity index (χ0) is 21.0. The van der Waals surface area contributed by atoms with E-state index in [0.29, 0.717) is 20.7 Å². The van der Waals surface area contributed by atoms with E-state index in [1.807, 2.05) is 31.2 Å². The molecular formula is C21H19BrN2O4S. The van der Waals surface area contributed by atoms with Crippen molar-refractivity contribution in [2.45, 2.75) is 6.92 Å². The summed E-state index contributed by atoms with van der Waals surface area (Å²) in [4.78, 5) is 38.7. The normalized spacial score (nSPS) is 15.1. The summed E-state index contributed by atoms with van der Waals surface area (Å²) in [5.41, 5.74) is 2.39. The van der Waals surface area contributed by atoms with Gasteiger partial charge in [-0.1, -0.05) is 29.8 Å². The molecule has 0 aromatic heterocycles. The van der Waals surface area contributed by atoms with Crippen LogP contribution in [0.15, 0.2) is 51.8 Å². The van der Waals surface area contributed by atoms with E-state index in [0.717, 1.165) is 27.8 Å². The summed E-state index contributed by atoms with van der Waals surface area (Å²) in [5, 5.41) is 2.39. The van der Waals surface area contributed by atoms with Crippen LogP contribution in [-0.4, -0.2) is 42.2 Å². The molecule has 0 atom stereocenters. The van der Waals surface area contributed by atoms with Crippen LogP contribution in [-0.2, 0) is 4.79 Å². The molecule has 0 unspecified atom stereocenters. The molecule has 1 aliphatic heterocycles. The predicted octanol–water partition coefficient (Wildman–Crippen LogP) is 4.23. The summed E-state index contributed by atoms with van der Waals surface area (Å²) in [6.07, 6.45) is 1.70. The Labute approximate surface area is 181 Å². The van der Waals surface area contributed by atoms with E-state index in [-0.39, 0.29) is 30.1 Å². The minimum atomic E-state index is -0.350. The first-order valence-corrected chi connectivity index (χ1v) is 10.4. The maximum Gasteiger partial charge on any atom is 0.293 e. The molecule has 1 N–H and O–H groups in total. The second kappa shape index (κ2) is 9.28. The van der Waals surface area contributed by atoms with Gasteiger partial charge in [0.25, 0.3) is 17.1 Å². The molecule has 8 heteroatoms. The lowest BCUT2D eigenvalue weighted by atomic mass is 10.1. The van der Waals surface area contributed by atoms with E-state index < -0.39 is 0 Å². The molecule has 6 nitrogen and oxygen atoms in total. The Morgan fingerprint density at radius 2 is 1.93 bits per heavy atom. The number of hydrogen-bond donors (Lipinski definition) is 1. The fraction of sp³-hybridized carbons (Fsp3) is 0.190. The summed E-state index contributed by atoms with van der Waals surface area (Å²) in [6, 6.07) is 12.8. The van der Waals surface area contributed by atoms with Gasteiger partial charge in [-0.2, -0.15) is 0 Å². The predicted molar refractivity (Wildman–Crippen MR) is 117 cm³/mol. The van der Waals surface area contributed by atoms with Gasteiger partial charge in [0.05, 0.1) is 17.6 Å². The highest BCUT2D eigenvalue weighted by atomic mass is 79.9. The molecule has 1 heterocycles. The highest BCUT2D eigenvalue weighted by Gasteiger charge is 2.34. The van der Waals surface area contributed by atoms with Crippen molar-refractivity contribution >= 4 is 50.8 Å². The van der Waals surface area contributed by atoms with Crippen LogP contribution in [0.3, 0.4) is 0 Å². The molecule has 0 spiro atoms. The van der Waals surface area contributed by atoms with Crippen LogP contribution in [0.1, 0.15) is 21.5 Å². The number of ether oxygens (including phenoxy) is 1. The lowest BCUT2D eigenvalue weighted by Gasteiger charge is -2.13. The second-order valence-corrected chi connectivity index (χ2v) is 8.19. The first-order valence-electron chi connectivity index (χ1n) is 8.83. The van der Waals surface area contributed by atoms with Crippen molar-refractivity contribution in [3.8, 4) is 5.75 Å². The summed E-state index contributed by atoms with van der Waals surface area (Å²) >= 11 is 4.24. The van der Waals surface area contributed by atoms with Gasteiger partial charge in [-0.25, -0.2) is 0 Å². The number of carbonyl (C=O) groups is 3. The van der Waals surface area contributed by atoms with Crippen molar-refractivity contribution in [1.82, 2.24) is 10.2 Å². The van der Waals surface area contributed by atoms with Crippen LogP contribution >= 0.6 is 27.7 Å². The van der Waals surface area contributed by atoms with Crippen LogP contribution in [0.25, 0.3) is 6.08 Å². The van der Waals surface area contributed by atoms with Gasteiger partial charge in [0, 0.05) is 17.6 Å². The minimum Gasteiger partial charge on any atom is -0.497 e. The Hall–Kier alpha value is -2.58. The Morgan fingerprint density at radius 1 is 1.21 bits per heavy atom. The topological polar surface area (TPSA) is 75.7 Å². The van der Waals surface area contributed by atoms with E-state index in [4.69, 9.17) is 4.74 Å². The maximum atomic E-state index is 12.5. The summed E-state index contributed by atoms with van der Waals surface area (Å²) in [6.45, 7) is 2.23. The number of methoxy groups -OCH3 is 1. The van der Waals surface area contributed by atoms with Crippen LogP contribution in [0.2, 0.25) is 0 Å². The van der Waals surface area contributed by atoms with Gasteiger partial charge in [0.1, 0.15) is 5.75 Å². The monoisotopic (exact) mass is 474 g/mol. The van der Waals surface area contributed by atoms with Crippen LogP contribution in [0.5, 0.6) is 5.75 Å². The SMILES string of the molecule is COc1ccc(Br)c(C(=O)NCCN2C(=O)SC(=Cc3ccc(C)cc3)C2=O)c1. The summed E-state index contributed by atoms with van der Waals surface area (Å²) < 4.78 is 5.76. The quantitative estimate of drug-likeness (QED) is 0.633. The maximum absolute atomic E-state index is 12.5. The molecule has 3 amide bonds. The Morgan fingerprint density at radius 3 is 2.62 bits per heavy atom. The number of carbonyl (C=O) groups excluding carboxylic acids is 3. The average Bonchev–Trinajstić information content (AvgIpc) is 2.97. The van der Waals surface area contributed by atoms with E-state index in [1.54, 1.807) is 24.3 Å². The standard InChI is InChI=1S/C21H19BrN2O4S/c1-13-3-5-14(6-4-13)11-18-20(26)24(21(27)29-18)10-9-23-19(25)16-12-15(28-2)7-8-17(16)22/h3-8,11-12H,9-10H2,1-2H3,(H,23,25). The Kier molecular flexibility index (Phi) is 6.76. The number of thioether (sulfide) groups is 1. The van der Waals surface area contributed by atoms with Crippen molar-refractivity contribution in [1.29, 1.82) is 0 Å². The third-order valence-corrected chi connectivity index (χ3v) is 5.89. The van der Waals surface area contributed by atoms with Gasteiger partial charge < -0.3 is 10.1 Å². The first kappa shape index (κ1) is 21.1. The number of nitrogens with zero attached hydrogens (tertiary/aromatic N) is 1. The number of hydrogen-bond acceptors (Lipinski definition) is 5. The van der Waals surface area contributed by atoms with Crippen molar-refractivity contribution in [3.05, 3.63) is 68.5 Å². The van der Waals surface area contributed by atoms with Gasteiger partial charge in [-0.05, 0) is 64.5 Å². The molecule has 29 heavy (non-hydrogen) atoms. The molecule has 1 fully saturated rings. The van der Waals surface area contributed by atoms with Gasteiger partial charge in [-0.15, -0.1) is 0 Å². The number of rotatable bonds is 6. The second-order valence-electron chi connectivity index (χ2n) is 6.35. The molecular weight excluding hydrogens is 456 g/mol. The summed E-state index contributed by atoms with van der Waals surface area (Å²) in [5.74, 6) is -0.110. The number of imide groups is 1. The van der Waals surface area contributed by atoms with Gasteiger partial charge in [-0.3, -0.25) is 19.3 Å². The Bertz CT molecular complexity index is 989. The van der Waals surface area contributed by atoms with E-state index in [1.165, 1.54) is 7.11 Å². The lowest BCUT2D eigenvalue weighted by molar-refractivity contribution is -0.122. The fourth-order valence-electron chi connectivity index (χ4n) is 2.69. The van der Waals surface area contributed by atoms with E-state index in [9.17, 15) is 14.4 Å². The molecule has 0 saturated carbocycles. The van der Waals surface area contributed by atoms with E-state index >= 15 is 0 Å².